The van der Waals surface area contributed by atoms with E-state index in [4.69, 9.17) is 4.52 Å². The molecule has 0 amide bonds. The van der Waals surface area contributed by atoms with Gasteiger partial charge in [-0.1, -0.05) is 11.2 Å². The van der Waals surface area contributed by atoms with Crippen molar-refractivity contribution in [3.63, 3.8) is 0 Å². The highest BCUT2D eigenvalue weighted by Crippen LogP contribution is 2.32. The van der Waals surface area contributed by atoms with E-state index >= 15 is 0 Å². The van der Waals surface area contributed by atoms with Crippen molar-refractivity contribution in [3.8, 4) is 21.1 Å². The van der Waals surface area contributed by atoms with Gasteiger partial charge >= 0.3 is 0 Å². The van der Waals surface area contributed by atoms with E-state index in [0.29, 0.717) is 0 Å². The average Bonchev–Trinajstić information content (AvgIpc) is 2.96. The lowest BCUT2D eigenvalue weighted by molar-refractivity contribution is 0.398. The normalized spacial score (nSPS) is 10.8. The Kier molecular flexibility index (Phi) is 2.34. The third kappa shape index (κ3) is 1.58. The predicted molar refractivity (Wildman–Crippen MR) is 65.7 cm³/mol. The zero-order chi connectivity index (χ0) is 11.0. The van der Waals surface area contributed by atoms with Crippen LogP contribution >= 0.6 is 22.7 Å². The Morgan fingerprint density at radius 3 is 2.94 bits per heavy atom. The maximum absolute atomic E-state index is 5.04. The molecule has 3 heterocycles. The summed E-state index contributed by atoms with van der Waals surface area (Å²) in [4.78, 5) is 5.78. The van der Waals surface area contributed by atoms with Crippen molar-refractivity contribution in [2.45, 2.75) is 6.92 Å². The molecule has 5 heteroatoms. The van der Waals surface area contributed by atoms with Crippen LogP contribution in [0.2, 0.25) is 0 Å². The molecule has 0 N–H and O–H groups in total. The van der Waals surface area contributed by atoms with Gasteiger partial charge in [-0.05, 0) is 18.4 Å². The largest absolute Gasteiger partial charge is 0.361 e. The van der Waals surface area contributed by atoms with E-state index in [2.05, 4.69) is 21.6 Å². The Bertz CT molecular complexity index is 595. The second-order valence-corrected chi connectivity index (χ2v) is 5.12. The fraction of sp³-hybridized carbons (Fsp3) is 0.0909. The van der Waals surface area contributed by atoms with Crippen LogP contribution in [-0.2, 0) is 0 Å². The first-order valence-corrected chi connectivity index (χ1v) is 6.51. The molecule has 0 bridgehead atoms. The number of aryl methyl sites for hydroxylation is 1. The minimum Gasteiger partial charge on any atom is -0.361 e. The molecular formula is C11H8N2OS2. The summed E-state index contributed by atoms with van der Waals surface area (Å²) < 4.78 is 5.04. The van der Waals surface area contributed by atoms with Gasteiger partial charge in [0, 0.05) is 5.38 Å². The molecule has 16 heavy (non-hydrogen) atoms. The third-order valence-corrected chi connectivity index (χ3v) is 4.14. The van der Waals surface area contributed by atoms with Gasteiger partial charge in [0.25, 0.3) is 0 Å². The second-order valence-electron chi connectivity index (χ2n) is 3.31. The summed E-state index contributed by atoms with van der Waals surface area (Å²) in [5.74, 6) is 0.808. The van der Waals surface area contributed by atoms with E-state index in [1.54, 1.807) is 28.9 Å². The standard InChI is InChI=1S/C11H8N2OS2/c1-7-8(5-12-14-7)9-6-16-11(13-9)10-3-2-4-15-10/h2-6H,1H3. The number of thiazole rings is 1. The topological polar surface area (TPSA) is 38.9 Å². The molecule has 0 radical (unpaired) electrons. The van der Waals surface area contributed by atoms with Gasteiger partial charge < -0.3 is 4.52 Å². The molecule has 0 unspecified atom stereocenters. The summed E-state index contributed by atoms with van der Waals surface area (Å²) in [6.45, 7) is 1.90. The number of aromatic nitrogens is 2. The van der Waals surface area contributed by atoms with Crippen LogP contribution in [0.15, 0.2) is 33.6 Å². The van der Waals surface area contributed by atoms with Crippen molar-refractivity contribution in [2.24, 2.45) is 0 Å². The molecule has 0 saturated carbocycles. The summed E-state index contributed by atoms with van der Waals surface area (Å²) in [5, 5.41) is 8.90. The molecule has 3 nitrogen and oxygen atoms in total. The molecular weight excluding hydrogens is 240 g/mol. The van der Waals surface area contributed by atoms with Gasteiger partial charge in [-0.25, -0.2) is 4.98 Å². The Morgan fingerprint density at radius 2 is 2.25 bits per heavy atom. The summed E-state index contributed by atoms with van der Waals surface area (Å²) in [5.41, 5.74) is 1.91. The Hall–Kier alpha value is -1.46. The van der Waals surface area contributed by atoms with E-state index in [1.165, 1.54) is 4.88 Å². The first-order chi connectivity index (χ1) is 7.84. The van der Waals surface area contributed by atoms with Gasteiger partial charge in [-0.15, -0.1) is 22.7 Å². The predicted octanol–water partition coefficient (Wildman–Crippen LogP) is 3.84. The van der Waals surface area contributed by atoms with E-state index in [9.17, 15) is 0 Å². The van der Waals surface area contributed by atoms with Crippen LogP contribution in [0.4, 0.5) is 0 Å². The van der Waals surface area contributed by atoms with Gasteiger partial charge in [0.05, 0.1) is 22.3 Å². The Morgan fingerprint density at radius 1 is 1.31 bits per heavy atom. The van der Waals surface area contributed by atoms with Crippen LogP contribution in [-0.4, -0.2) is 10.1 Å². The van der Waals surface area contributed by atoms with Crippen LogP contribution in [0.3, 0.4) is 0 Å². The first kappa shape index (κ1) is 9.74. The molecule has 3 aromatic heterocycles. The lowest BCUT2D eigenvalue weighted by atomic mass is 10.2. The highest BCUT2D eigenvalue weighted by molar-refractivity contribution is 7.20. The van der Waals surface area contributed by atoms with Crippen molar-refractivity contribution < 1.29 is 4.52 Å². The minimum absolute atomic E-state index is 0.808. The van der Waals surface area contributed by atoms with Gasteiger partial charge in [-0.3, -0.25) is 0 Å². The number of hydrogen-bond acceptors (Lipinski definition) is 5. The molecule has 0 fully saturated rings. The van der Waals surface area contributed by atoms with E-state index in [0.717, 1.165) is 22.0 Å². The zero-order valence-electron chi connectivity index (χ0n) is 8.51. The fourth-order valence-electron chi connectivity index (χ4n) is 1.46. The highest BCUT2D eigenvalue weighted by Gasteiger charge is 2.11. The molecule has 3 aromatic rings. The van der Waals surface area contributed by atoms with Crippen LogP contribution in [0, 0.1) is 6.92 Å². The molecule has 0 aliphatic heterocycles. The summed E-state index contributed by atoms with van der Waals surface area (Å²) >= 11 is 3.34. The van der Waals surface area contributed by atoms with Gasteiger partial charge in [0.15, 0.2) is 0 Å². The van der Waals surface area contributed by atoms with Crippen molar-refractivity contribution in [3.05, 3.63) is 34.8 Å². The average molecular weight is 248 g/mol. The zero-order valence-corrected chi connectivity index (χ0v) is 10.1. The molecule has 0 aliphatic carbocycles. The summed E-state index contributed by atoms with van der Waals surface area (Å²) in [7, 11) is 0. The minimum atomic E-state index is 0.808. The monoisotopic (exact) mass is 248 g/mol. The lowest BCUT2D eigenvalue weighted by Gasteiger charge is -1.90. The maximum atomic E-state index is 5.04. The molecule has 0 aliphatic rings. The molecule has 3 rings (SSSR count). The van der Waals surface area contributed by atoms with E-state index in [1.807, 2.05) is 18.4 Å². The van der Waals surface area contributed by atoms with Crippen molar-refractivity contribution in [1.82, 2.24) is 10.1 Å². The number of thiophene rings is 1. The molecule has 0 spiro atoms. The van der Waals surface area contributed by atoms with Crippen LogP contribution < -0.4 is 0 Å². The van der Waals surface area contributed by atoms with Crippen molar-refractivity contribution >= 4 is 22.7 Å². The fourth-order valence-corrected chi connectivity index (χ4v) is 3.09. The van der Waals surface area contributed by atoms with Crippen molar-refractivity contribution in [2.75, 3.05) is 0 Å². The van der Waals surface area contributed by atoms with Crippen LogP contribution in [0.25, 0.3) is 21.1 Å². The summed E-state index contributed by atoms with van der Waals surface area (Å²) in [6, 6.07) is 4.11. The van der Waals surface area contributed by atoms with Crippen LogP contribution in [0.5, 0.6) is 0 Å². The smallest absolute Gasteiger partial charge is 0.143 e. The lowest BCUT2D eigenvalue weighted by Crippen LogP contribution is -1.77. The third-order valence-electron chi connectivity index (χ3n) is 2.26. The van der Waals surface area contributed by atoms with E-state index < -0.39 is 0 Å². The molecule has 0 atom stereocenters. The number of hydrogen-bond donors (Lipinski definition) is 0. The van der Waals surface area contributed by atoms with Crippen molar-refractivity contribution in [1.29, 1.82) is 0 Å². The van der Waals surface area contributed by atoms with E-state index in [-0.39, 0.29) is 0 Å². The number of rotatable bonds is 2. The maximum Gasteiger partial charge on any atom is 0.143 e. The number of nitrogens with zero attached hydrogens (tertiary/aromatic N) is 2. The Balaban J connectivity index is 2.03. The second kappa shape index (κ2) is 3.84. The van der Waals surface area contributed by atoms with Gasteiger partial charge in [0.1, 0.15) is 10.8 Å². The first-order valence-electron chi connectivity index (χ1n) is 4.75. The van der Waals surface area contributed by atoms with Gasteiger partial charge in [0.2, 0.25) is 0 Å². The molecule has 0 saturated heterocycles. The van der Waals surface area contributed by atoms with Gasteiger partial charge in [-0.2, -0.15) is 0 Å². The molecule has 0 aromatic carbocycles. The van der Waals surface area contributed by atoms with Crippen LogP contribution in [0.1, 0.15) is 5.76 Å². The quantitative estimate of drug-likeness (QED) is 0.691. The highest BCUT2D eigenvalue weighted by atomic mass is 32.1. The Labute approximate surface area is 100 Å². The SMILES string of the molecule is Cc1oncc1-c1csc(-c2cccs2)n1. The summed E-state index contributed by atoms with van der Waals surface area (Å²) in [6.07, 6.45) is 1.71. The molecule has 80 valence electrons.